The van der Waals surface area contributed by atoms with Gasteiger partial charge in [-0.1, -0.05) is 55.1 Å². The second kappa shape index (κ2) is 5.35. The van der Waals surface area contributed by atoms with Gasteiger partial charge in [0.25, 0.3) is 0 Å². The minimum Gasteiger partial charge on any atom is -0.493 e. The van der Waals surface area contributed by atoms with Gasteiger partial charge < -0.3 is 4.74 Å². The van der Waals surface area contributed by atoms with Crippen LogP contribution in [0.1, 0.15) is 12.5 Å². The molecule has 2 rings (SSSR count). The van der Waals surface area contributed by atoms with E-state index < -0.39 is 0 Å². The van der Waals surface area contributed by atoms with Crippen molar-refractivity contribution in [2.24, 2.45) is 0 Å². The molecule has 0 bridgehead atoms. The Kier molecular flexibility index (Phi) is 3.61. The number of benzene rings is 2. The summed E-state index contributed by atoms with van der Waals surface area (Å²) in [5.41, 5.74) is 3.37. The molecule has 0 spiro atoms. The molecule has 0 aliphatic carbocycles. The highest BCUT2D eigenvalue weighted by atomic mass is 16.5. The molecule has 0 unspecified atom stereocenters. The van der Waals surface area contributed by atoms with E-state index in [1.54, 1.807) is 0 Å². The Morgan fingerprint density at radius 1 is 1.12 bits per heavy atom. The van der Waals surface area contributed by atoms with Crippen molar-refractivity contribution in [2.75, 3.05) is 6.61 Å². The molecule has 0 aliphatic heterocycles. The van der Waals surface area contributed by atoms with Crippen LogP contribution < -0.4 is 4.74 Å². The molecule has 0 radical (unpaired) electrons. The van der Waals surface area contributed by atoms with Gasteiger partial charge in [-0.3, -0.25) is 0 Å². The zero-order valence-electron chi connectivity index (χ0n) is 10.0. The van der Waals surface area contributed by atoms with Crippen molar-refractivity contribution in [3.8, 4) is 16.9 Å². The van der Waals surface area contributed by atoms with Crippen LogP contribution in [-0.4, -0.2) is 6.61 Å². The van der Waals surface area contributed by atoms with E-state index >= 15 is 0 Å². The van der Waals surface area contributed by atoms with Gasteiger partial charge in [0.05, 0.1) is 6.61 Å². The maximum Gasteiger partial charge on any atom is 0.127 e. The van der Waals surface area contributed by atoms with E-state index in [2.05, 4.69) is 30.8 Å². The average Bonchev–Trinajstić information content (AvgIpc) is 2.40. The van der Waals surface area contributed by atoms with Crippen molar-refractivity contribution in [3.63, 3.8) is 0 Å². The molecule has 0 fully saturated rings. The molecule has 0 N–H and O–H groups in total. The molecule has 0 aliphatic rings. The summed E-state index contributed by atoms with van der Waals surface area (Å²) in [7, 11) is 0. The topological polar surface area (TPSA) is 9.23 Å². The third-order valence-corrected chi connectivity index (χ3v) is 2.63. The summed E-state index contributed by atoms with van der Waals surface area (Å²) in [6.45, 7) is 6.44. The summed E-state index contributed by atoms with van der Waals surface area (Å²) < 4.78 is 5.69. The molecule has 0 saturated heterocycles. The maximum atomic E-state index is 5.69. The van der Waals surface area contributed by atoms with Gasteiger partial charge in [-0.05, 0) is 24.1 Å². The Bertz CT molecular complexity index is 500. The summed E-state index contributed by atoms with van der Waals surface area (Å²) in [4.78, 5) is 0. The van der Waals surface area contributed by atoms with E-state index in [1.807, 2.05) is 37.3 Å². The Hall–Kier alpha value is -2.02. The lowest BCUT2D eigenvalue weighted by Crippen LogP contribution is -1.94. The third-order valence-electron chi connectivity index (χ3n) is 2.63. The fourth-order valence-corrected chi connectivity index (χ4v) is 1.80. The highest BCUT2D eigenvalue weighted by Gasteiger charge is 2.05. The van der Waals surface area contributed by atoms with E-state index in [0.29, 0.717) is 6.61 Å². The lowest BCUT2D eigenvalue weighted by molar-refractivity contribution is 0.341. The van der Waals surface area contributed by atoms with Crippen molar-refractivity contribution < 1.29 is 4.74 Å². The van der Waals surface area contributed by atoms with E-state index in [9.17, 15) is 0 Å². The molecule has 1 heteroatoms. The summed E-state index contributed by atoms with van der Waals surface area (Å²) in [6.07, 6.45) is 1.83. The molecule has 0 aromatic heterocycles. The molecule has 0 saturated carbocycles. The van der Waals surface area contributed by atoms with Gasteiger partial charge in [-0.2, -0.15) is 0 Å². The van der Waals surface area contributed by atoms with Gasteiger partial charge in [0.15, 0.2) is 0 Å². The largest absolute Gasteiger partial charge is 0.493 e. The summed E-state index contributed by atoms with van der Waals surface area (Å²) >= 11 is 0. The van der Waals surface area contributed by atoms with E-state index in [4.69, 9.17) is 4.74 Å². The van der Waals surface area contributed by atoms with Crippen LogP contribution in [0.15, 0.2) is 55.1 Å². The zero-order valence-corrected chi connectivity index (χ0v) is 10.0. The first-order valence-electron chi connectivity index (χ1n) is 5.80. The van der Waals surface area contributed by atoms with Gasteiger partial charge in [0, 0.05) is 5.56 Å². The second-order valence-electron chi connectivity index (χ2n) is 3.76. The van der Waals surface area contributed by atoms with Crippen LogP contribution in [0.5, 0.6) is 5.75 Å². The fraction of sp³-hybridized carbons (Fsp3) is 0.125. The third kappa shape index (κ3) is 2.56. The van der Waals surface area contributed by atoms with Crippen molar-refractivity contribution in [1.82, 2.24) is 0 Å². The van der Waals surface area contributed by atoms with Gasteiger partial charge >= 0.3 is 0 Å². The van der Waals surface area contributed by atoms with Crippen LogP contribution in [0, 0.1) is 0 Å². The maximum absolute atomic E-state index is 5.69. The number of rotatable bonds is 4. The van der Waals surface area contributed by atoms with Gasteiger partial charge in [-0.15, -0.1) is 0 Å². The summed E-state index contributed by atoms with van der Waals surface area (Å²) in [6, 6.07) is 16.4. The van der Waals surface area contributed by atoms with E-state index in [1.165, 1.54) is 5.56 Å². The number of hydrogen-bond acceptors (Lipinski definition) is 1. The van der Waals surface area contributed by atoms with Crippen molar-refractivity contribution in [1.29, 1.82) is 0 Å². The Morgan fingerprint density at radius 3 is 2.53 bits per heavy atom. The minimum absolute atomic E-state index is 0.667. The van der Waals surface area contributed by atoms with Crippen LogP contribution in [0.3, 0.4) is 0 Å². The number of hydrogen-bond donors (Lipinski definition) is 0. The number of ether oxygens (including phenoxy) is 1. The molecular formula is C16H16O. The first-order chi connectivity index (χ1) is 8.35. The Labute approximate surface area is 102 Å². The lowest BCUT2D eigenvalue weighted by atomic mass is 10.0. The monoisotopic (exact) mass is 224 g/mol. The van der Waals surface area contributed by atoms with Crippen LogP contribution in [-0.2, 0) is 0 Å². The van der Waals surface area contributed by atoms with Gasteiger partial charge in [0.2, 0.25) is 0 Å². The summed E-state index contributed by atoms with van der Waals surface area (Å²) in [5.74, 6) is 0.913. The normalized spacial score (nSPS) is 9.94. The van der Waals surface area contributed by atoms with E-state index in [-0.39, 0.29) is 0 Å². The molecule has 0 heterocycles. The minimum atomic E-state index is 0.667. The predicted molar refractivity (Wildman–Crippen MR) is 73.1 cm³/mol. The lowest BCUT2D eigenvalue weighted by Gasteiger charge is -2.11. The highest BCUT2D eigenvalue weighted by Crippen LogP contribution is 2.31. The molecule has 86 valence electrons. The van der Waals surface area contributed by atoms with E-state index in [0.717, 1.165) is 16.9 Å². The molecule has 0 atom stereocenters. The molecular weight excluding hydrogens is 208 g/mol. The van der Waals surface area contributed by atoms with Crippen molar-refractivity contribution in [3.05, 3.63) is 60.7 Å². The zero-order chi connectivity index (χ0) is 12.1. The van der Waals surface area contributed by atoms with Gasteiger partial charge in [-0.25, -0.2) is 0 Å². The predicted octanol–water partition coefficient (Wildman–Crippen LogP) is 4.40. The first-order valence-corrected chi connectivity index (χ1v) is 5.80. The first kappa shape index (κ1) is 11.5. The SMILES string of the molecule is C=Cc1ccc(-c2ccccc2)c(OCC)c1. The molecule has 2 aromatic rings. The van der Waals surface area contributed by atoms with Crippen LogP contribution >= 0.6 is 0 Å². The molecule has 1 nitrogen and oxygen atoms in total. The van der Waals surface area contributed by atoms with Crippen LogP contribution in [0.4, 0.5) is 0 Å². The second-order valence-corrected chi connectivity index (χ2v) is 3.76. The van der Waals surface area contributed by atoms with Gasteiger partial charge in [0.1, 0.15) is 5.75 Å². The highest BCUT2D eigenvalue weighted by molar-refractivity contribution is 5.72. The van der Waals surface area contributed by atoms with Crippen LogP contribution in [0.2, 0.25) is 0 Å². The smallest absolute Gasteiger partial charge is 0.127 e. The molecule has 0 amide bonds. The van der Waals surface area contributed by atoms with Crippen molar-refractivity contribution in [2.45, 2.75) is 6.92 Å². The molecule has 17 heavy (non-hydrogen) atoms. The van der Waals surface area contributed by atoms with Crippen LogP contribution in [0.25, 0.3) is 17.2 Å². The molecule has 2 aromatic carbocycles. The van der Waals surface area contributed by atoms with Crippen molar-refractivity contribution >= 4 is 6.08 Å². The standard InChI is InChI=1S/C16H16O/c1-3-13-10-11-15(16(12-13)17-4-2)14-8-6-5-7-9-14/h3,5-12H,1,4H2,2H3. The quantitative estimate of drug-likeness (QED) is 0.748. The Morgan fingerprint density at radius 2 is 1.88 bits per heavy atom. The fourth-order valence-electron chi connectivity index (χ4n) is 1.80. The Balaban J connectivity index is 2.49. The summed E-state index contributed by atoms with van der Waals surface area (Å²) in [5, 5.41) is 0. The average molecular weight is 224 g/mol.